The molecule has 0 fully saturated rings. The number of anilines is 1. The number of rotatable bonds is 4. The topological polar surface area (TPSA) is 79.2 Å². The van der Waals surface area contributed by atoms with E-state index in [0.29, 0.717) is 21.8 Å². The highest BCUT2D eigenvalue weighted by Gasteiger charge is 2.12. The van der Waals surface area contributed by atoms with Crippen molar-refractivity contribution < 1.29 is 14.3 Å². The van der Waals surface area contributed by atoms with Crippen LogP contribution in [0.1, 0.15) is 21.5 Å². The molecule has 0 aliphatic heterocycles. The molecule has 0 aliphatic carbocycles. The van der Waals surface area contributed by atoms with Crippen LogP contribution in [-0.4, -0.2) is 19.0 Å². The van der Waals surface area contributed by atoms with Gasteiger partial charge in [-0.1, -0.05) is 29.8 Å². The fourth-order valence-corrected chi connectivity index (χ4v) is 2.26. The van der Waals surface area contributed by atoms with Gasteiger partial charge in [-0.25, -0.2) is 4.79 Å². The predicted octanol–water partition coefficient (Wildman–Crippen LogP) is 3.98. The van der Waals surface area contributed by atoms with E-state index in [1.54, 1.807) is 49.4 Å². The number of nitrogens with one attached hydrogen (secondary N) is 1. The van der Waals surface area contributed by atoms with E-state index in [9.17, 15) is 14.9 Å². The maximum absolute atomic E-state index is 12.3. The van der Waals surface area contributed by atoms with Gasteiger partial charge >= 0.3 is 5.97 Å². The molecule has 0 aromatic heterocycles. The molecule has 0 heterocycles. The van der Waals surface area contributed by atoms with Gasteiger partial charge in [-0.15, -0.1) is 0 Å². The number of hydrogen-bond donors (Lipinski definition) is 1. The lowest BCUT2D eigenvalue weighted by Crippen LogP contribution is -2.14. The monoisotopic (exact) mass is 354 g/mol. The Bertz CT molecular complexity index is 881. The molecule has 2 aromatic carbocycles. The molecule has 6 heteroatoms. The Morgan fingerprint density at radius 1 is 1.20 bits per heavy atom. The lowest BCUT2D eigenvalue weighted by Gasteiger charge is -2.09. The first kappa shape index (κ1) is 18.2. The molecule has 0 unspecified atom stereocenters. The minimum Gasteiger partial charge on any atom is -0.465 e. The summed E-state index contributed by atoms with van der Waals surface area (Å²) in [6.07, 6.45) is 1.44. The molecule has 0 saturated carbocycles. The Morgan fingerprint density at radius 3 is 2.48 bits per heavy atom. The number of esters is 1. The lowest BCUT2D eigenvalue weighted by atomic mass is 10.1. The molecule has 126 valence electrons. The molecule has 2 aromatic rings. The van der Waals surface area contributed by atoms with Gasteiger partial charge < -0.3 is 10.1 Å². The normalized spacial score (nSPS) is 10.7. The van der Waals surface area contributed by atoms with Gasteiger partial charge in [-0.05, 0) is 48.4 Å². The Labute approximate surface area is 150 Å². The van der Waals surface area contributed by atoms with E-state index in [-0.39, 0.29) is 5.57 Å². The molecule has 0 bridgehead atoms. The van der Waals surface area contributed by atoms with Crippen LogP contribution in [0.25, 0.3) is 6.08 Å². The number of benzene rings is 2. The van der Waals surface area contributed by atoms with Gasteiger partial charge in [0.15, 0.2) is 0 Å². The van der Waals surface area contributed by atoms with Crippen molar-refractivity contribution in [2.75, 3.05) is 12.4 Å². The molecule has 2 rings (SSSR count). The number of nitriles is 1. The van der Waals surface area contributed by atoms with E-state index < -0.39 is 11.9 Å². The second kappa shape index (κ2) is 8.13. The maximum atomic E-state index is 12.3. The highest BCUT2D eigenvalue weighted by atomic mass is 35.5. The van der Waals surface area contributed by atoms with Crippen LogP contribution in [0.5, 0.6) is 0 Å². The van der Waals surface area contributed by atoms with Crippen molar-refractivity contribution >= 4 is 35.2 Å². The summed E-state index contributed by atoms with van der Waals surface area (Å²) in [5.74, 6) is -0.991. The summed E-state index contributed by atoms with van der Waals surface area (Å²) in [4.78, 5) is 23.7. The van der Waals surface area contributed by atoms with Crippen molar-refractivity contribution in [3.63, 3.8) is 0 Å². The molecule has 0 atom stereocenters. The van der Waals surface area contributed by atoms with E-state index in [0.717, 1.165) is 5.56 Å². The molecule has 0 radical (unpaired) electrons. The minimum atomic E-state index is -0.537. The molecule has 1 N–H and O–H groups in total. The second-order valence-electron chi connectivity index (χ2n) is 5.15. The molecular weight excluding hydrogens is 340 g/mol. The van der Waals surface area contributed by atoms with Crippen LogP contribution >= 0.6 is 11.6 Å². The van der Waals surface area contributed by atoms with Crippen LogP contribution < -0.4 is 5.32 Å². The fraction of sp³-hybridized carbons (Fsp3) is 0.105. The summed E-state index contributed by atoms with van der Waals surface area (Å²) in [6.45, 7) is 1.78. The van der Waals surface area contributed by atoms with E-state index in [1.165, 1.54) is 13.2 Å². The molecule has 0 aliphatic rings. The largest absolute Gasteiger partial charge is 0.465 e. The van der Waals surface area contributed by atoms with Crippen LogP contribution in [0.15, 0.2) is 48.0 Å². The number of ether oxygens (including phenoxy) is 1. The number of amides is 1. The zero-order chi connectivity index (χ0) is 18.4. The van der Waals surface area contributed by atoms with Crippen molar-refractivity contribution in [2.24, 2.45) is 0 Å². The standard InChI is InChI=1S/C19H15ClN2O3/c1-12-16(20)4-3-5-17(12)22-18(23)15(11-21)10-13-6-8-14(9-7-13)19(24)25-2/h3-10H,1-2H3,(H,22,23)/b15-10+. The van der Waals surface area contributed by atoms with Crippen LogP contribution in [0.3, 0.4) is 0 Å². The molecule has 25 heavy (non-hydrogen) atoms. The van der Waals surface area contributed by atoms with E-state index in [1.807, 2.05) is 6.07 Å². The van der Waals surface area contributed by atoms with Crippen LogP contribution in [0.4, 0.5) is 5.69 Å². The summed E-state index contributed by atoms with van der Waals surface area (Å²) in [5.41, 5.74) is 2.20. The Morgan fingerprint density at radius 2 is 1.88 bits per heavy atom. The Kier molecular flexibility index (Phi) is 5.93. The zero-order valence-corrected chi connectivity index (χ0v) is 14.4. The fourth-order valence-electron chi connectivity index (χ4n) is 2.08. The first-order valence-corrected chi connectivity index (χ1v) is 7.70. The minimum absolute atomic E-state index is 0.0646. The van der Waals surface area contributed by atoms with E-state index in [2.05, 4.69) is 10.1 Å². The molecule has 0 spiro atoms. The van der Waals surface area contributed by atoms with Gasteiger partial charge in [0, 0.05) is 10.7 Å². The highest BCUT2D eigenvalue weighted by molar-refractivity contribution is 6.31. The van der Waals surface area contributed by atoms with Crippen LogP contribution in [0.2, 0.25) is 5.02 Å². The van der Waals surface area contributed by atoms with Crippen molar-refractivity contribution in [3.05, 3.63) is 69.8 Å². The summed E-state index contributed by atoms with van der Waals surface area (Å²) in [7, 11) is 1.30. The van der Waals surface area contributed by atoms with E-state index >= 15 is 0 Å². The zero-order valence-electron chi connectivity index (χ0n) is 13.7. The first-order chi connectivity index (χ1) is 12.0. The van der Waals surface area contributed by atoms with Crippen LogP contribution in [0, 0.1) is 18.3 Å². The summed E-state index contributed by atoms with van der Waals surface area (Å²) >= 11 is 6.02. The SMILES string of the molecule is COC(=O)c1ccc(/C=C(\C#N)C(=O)Nc2cccc(Cl)c2C)cc1. The smallest absolute Gasteiger partial charge is 0.337 e. The van der Waals surface area contributed by atoms with Gasteiger partial charge in [0.1, 0.15) is 11.6 Å². The molecule has 0 saturated heterocycles. The number of halogens is 1. The average molecular weight is 355 g/mol. The number of carbonyl (C=O) groups excluding carboxylic acids is 2. The quantitative estimate of drug-likeness (QED) is 0.511. The summed E-state index contributed by atoms with van der Waals surface area (Å²) in [6, 6.07) is 13.4. The molecule has 1 amide bonds. The van der Waals surface area contributed by atoms with Crippen molar-refractivity contribution in [1.82, 2.24) is 0 Å². The van der Waals surface area contributed by atoms with Crippen molar-refractivity contribution in [3.8, 4) is 6.07 Å². The van der Waals surface area contributed by atoms with Gasteiger partial charge in [-0.3, -0.25) is 4.79 Å². The number of methoxy groups -OCH3 is 1. The van der Waals surface area contributed by atoms with Crippen molar-refractivity contribution in [2.45, 2.75) is 6.92 Å². The number of hydrogen-bond acceptors (Lipinski definition) is 4. The van der Waals surface area contributed by atoms with Gasteiger partial charge in [0.25, 0.3) is 5.91 Å². The summed E-state index contributed by atoms with van der Waals surface area (Å²) in [5, 5.41) is 12.5. The second-order valence-corrected chi connectivity index (χ2v) is 5.56. The number of carbonyl (C=O) groups is 2. The number of nitrogens with zero attached hydrogens (tertiary/aromatic N) is 1. The molecular formula is C19H15ClN2O3. The van der Waals surface area contributed by atoms with Gasteiger partial charge in [0.2, 0.25) is 0 Å². The Balaban J connectivity index is 2.22. The third kappa shape index (κ3) is 4.46. The van der Waals surface area contributed by atoms with Gasteiger partial charge in [0.05, 0.1) is 12.7 Å². The maximum Gasteiger partial charge on any atom is 0.337 e. The van der Waals surface area contributed by atoms with E-state index in [4.69, 9.17) is 11.6 Å². The first-order valence-electron chi connectivity index (χ1n) is 7.33. The third-order valence-corrected chi connectivity index (χ3v) is 3.93. The lowest BCUT2D eigenvalue weighted by molar-refractivity contribution is -0.112. The van der Waals surface area contributed by atoms with Crippen molar-refractivity contribution in [1.29, 1.82) is 5.26 Å². The predicted molar refractivity (Wildman–Crippen MR) is 96.2 cm³/mol. The summed E-state index contributed by atoms with van der Waals surface area (Å²) < 4.78 is 4.62. The van der Waals surface area contributed by atoms with Gasteiger partial charge in [-0.2, -0.15) is 5.26 Å². The Hall–Kier alpha value is -3.10. The van der Waals surface area contributed by atoms with Crippen LogP contribution in [-0.2, 0) is 9.53 Å². The highest BCUT2D eigenvalue weighted by Crippen LogP contribution is 2.23. The molecule has 5 nitrogen and oxygen atoms in total. The third-order valence-electron chi connectivity index (χ3n) is 3.52. The average Bonchev–Trinajstić information content (AvgIpc) is 2.63.